The molecule has 0 saturated heterocycles. The summed E-state index contributed by atoms with van der Waals surface area (Å²) in [4.78, 5) is 18.4. The zero-order valence-corrected chi connectivity index (χ0v) is 16.3. The Labute approximate surface area is 147 Å². The molecule has 0 atom stereocenters. The molecule has 0 bridgehead atoms. The van der Waals surface area contributed by atoms with Crippen LogP contribution in [-0.2, 0) is 9.53 Å². The predicted octanol–water partition coefficient (Wildman–Crippen LogP) is 0.813. The van der Waals surface area contributed by atoms with E-state index >= 15 is 0 Å². The van der Waals surface area contributed by atoms with Crippen molar-refractivity contribution in [1.29, 1.82) is 0 Å². The number of guanidine groups is 1. The molecule has 0 rings (SSSR count). The first-order valence-electron chi connectivity index (χ1n) is 8.95. The number of carbonyl (C=O) groups excluding carboxylic acids is 1. The number of hydrogen-bond acceptors (Lipinski definition) is 4. The van der Waals surface area contributed by atoms with Crippen LogP contribution in [0.15, 0.2) is 4.99 Å². The Morgan fingerprint density at radius 1 is 1.08 bits per heavy atom. The van der Waals surface area contributed by atoms with E-state index < -0.39 is 0 Å². The number of aliphatic imine (C=N–C) groups is 1. The SMILES string of the molecule is CCNC(=NCC(=O)NCCOC)NCCCN(C(C)C)C(C)C. The third kappa shape index (κ3) is 11.2. The topological polar surface area (TPSA) is 78.0 Å². The van der Waals surface area contributed by atoms with Gasteiger partial charge in [-0.2, -0.15) is 0 Å². The van der Waals surface area contributed by atoms with Crippen molar-refractivity contribution in [2.75, 3.05) is 46.4 Å². The summed E-state index contributed by atoms with van der Waals surface area (Å²) in [5.74, 6) is 0.579. The lowest BCUT2D eigenvalue weighted by Crippen LogP contribution is -2.41. The molecule has 0 aliphatic heterocycles. The number of amides is 1. The van der Waals surface area contributed by atoms with Crippen molar-refractivity contribution >= 4 is 11.9 Å². The Morgan fingerprint density at radius 2 is 1.75 bits per heavy atom. The molecule has 0 aromatic rings. The van der Waals surface area contributed by atoms with E-state index in [9.17, 15) is 4.79 Å². The van der Waals surface area contributed by atoms with Crippen molar-refractivity contribution in [3.8, 4) is 0 Å². The smallest absolute Gasteiger partial charge is 0.241 e. The van der Waals surface area contributed by atoms with Crippen LogP contribution in [0.3, 0.4) is 0 Å². The van der Waals surface area contributed by atoms with E-state index in [-0.39, 0.29) is 12.5 Å². The van der Waals surface area contributed by atoms with Gasteiger partial charge in [0.15, 0.2) is 5.96 Å². The highest BCUT2D eigenvalue weighted by molar-refractivity contribution is 5.84. The van der Waals surface area contributed by atoms with Gasteiger partial charge >= 0.3 is 0 Å². The summed E-state index contributed by atoms with van der Waals surface area (Å²) in [7, 11) is 1.61. The van der Waals surface area contributed by atoms with E-state index in [2.05, 4.69) is 53.5 Å². The molecule has 3 N–H and O–H groups in total. The Hall–Kier alpha value is -1.34. The predicted molar refractivity (Wildman–Crippen MR) is 100 cm³/mol. The molecule has 0 spiro atoms. The van der Waals surface area contributed by atoms with Crippen LogP contribution >= 0.6 is 0 Å². The molecular weight excluding hydrogens is 306 g/mol. The van der Waals surface area contributed by atoms with E-state index in [4.69, 9.17) is 4.74 Å². The molecule has 0 aromatic carbocycles. The van der Waals surface area contributed by atoms with Gasteiger partial charge in [-0.1, -0.05) is 0 Å². The van der Waals surface area contributed by atoms with E-state index in [0.717, 1.165) is 26.1 Å². The van der Waals surface area contributed by atoms with Gasteiger partial charge in [0.2, 0.25) is 5.91 Å². The van der Waals surface area contributed by atoms with Gasteiger partial charge in [0.05, 0.1) is 6.61 Å². The highest BCUT2D eigenvalue weighted by Gasteiger charge is 2.12. The first-order chi connectivity index (χ1) is 11.4. The lowest BCUT2D eigenvalue weighted by Gasteiger charge is -2.30. The molecule has 0 heterocycles. The fourth-order valence-electron chi connectivity index (χ4n) is 2.42. The average molecular weight is 344 g/mol. The third-order valence-corrected chi connectivity index (χ3v) is 3.57. The maximum atomic E-state index is 11.7. The number of hydrogen-bond donors (Lipinski definition) is 3. The van der Waals surface area contributed by atoms with Gasteiger partial charge in [-0.25, -0.2) is 4.99 Å². The molecule has 24 heavy (non-hydrogen) atoms. The number of methoxy groups -OCH3 is 1. The molecule has 1 amide bonds. The molecule has 7 nitrogen and oxygen atoms in total. The summed E-state index contributed by atoms with van der Waals surface area (Å²) in [5, 5.41) is 9.20. The summed E-state index contributed by atoms with van der Waals surface area (Å²) in [5.41, 5.74) is 0. The summed E-state index contributed by atoms with van der Waals surface area (Å²) in [6.07, 6.45) is 1.03. The van der Waals surface area contributed by atoms with Crippen LogP contribution in [-0.4, -0.2) is 75.3 Å². The van der Waals surface area contributed by atoms with Crippen LogP contribution in [0.25, 0.3) is 0 Å². The largest absolute Gasteiger partial charge is 0.383 e. The van der Waals surface area contributed by atoms with E-state index in [1.165, 1.54) is 0 Å². The van der Waals surface area contributed by atoms with Crippen LogP contribution in [0.4, 0.5) is 0 Å². The number of nitrogens with zero attached hydrogens (tertiary/aromatic N) is 2. The van der Waals surface area contributed by atoms with E-state index in [1.807, 2.05) is 6.92 Å². The minimum atomic E-state index is -0.102. The second-order valence-corrected chi connectivity index (χ2v) is 6.24. The highest BCUT2D eigenvalue weighted by atomic mass is 16.5. The molecule has 0 radical (unpaired) electrons. The molecule has 0 aliphatic carbocycles. The Bertz CT molecular complexity index is 351. The molecular formula is C17H37N5O2. The Balaban J connectivity index is 4.18. The molecule has 0 unspecified atom stereocenters. The Kier molecular flexibility index (Phi) is 13.3. The summed E-state index contributed by atoms with van der Waals surface area (Å²) in [6.45, 7) is 14.7. The molecule has 142 valence electrons. The van der Waals surface area contributed by atoms with Crippen molar-refractivity contribution in [2.45, 2.75) is 53.1 Å². The first kappa shape index (κ1) is 22.7. The van der Waals surface area contributed by atoms with Crippen molar-refractivity contribution < 1.29 is 9.53 Å². The van der Waals surface area contributed by atoms with Crippen LogP contribution in [0.5, 0.6) is 0 Å². The number of carbonyl (C=O) groups is 1. The monoisotopic (exact) mass is 343 g/mol. The highest BCUT2D eigenvalue weighted by Crippen LogP contribution is 2.05. The molecule has 0 aromatic heterocycles. The fourth-order valence-corrected chi connectivity index (χ4v) is 2.42. The second kappa shape index (κ2) is 14.0. The van der Waals surface area contributed by atoms with Gasteiger partial charge in [0.1, 0.15) is 6.54 Å². The van der Waals surface area contributed by atoms with Crippen LogP contribution in [0.1, 0.15) is 41.0 Å². The summed E-state index contributed by atoms with van der Waals surface area (Å²) in [6, 6.07) is 1.09. The van der Waals surface area contributed by atoms with Crippen molar-refractivity contribution in [1.82, 2.24) is 20.9 Å². The van der Waals surface area contributed by atoms with Crippen LogP contribution in [0, 0.1) is 0 Å². The number of ether oxygens (including phenoxy) is 1. The van der Waals surface area contributed by atoms with E-state index in [0.29, 0.717) is 31.2 Å². The lowest BCUT2D eigenvalue weighted by molar-refractivity contribution is -0.119. The van der Waals surface area contributed by atoms with Crippen LogP contribution < -0.4 is 16.0 Å². The van der Waals surface area contributed by atoms with Gasteiger partial charge in [-0.15, -0.1) is 0 Å². The van der Waals surface area contributed by atoms with Crippen molar-refractivity contribution in [3.63, 3.8) is 0 Å². The van der Waals surface area contributed by atoms with E-state index in [1.54, 1.807) is 7.11 Å². The second-order valence-electron chi connectivity index (χ2n) is 6.24. The van der Waals surface area contributed by atoms with Crippen molar-refractivity contribution in [3.05, 3.63) is 0 Å². The first-order valence-corrected chi connectivity index (χ1v) is 8.95. The van der Waals surface area contributed by atoms with Gasteiger partial charge in [-0.05, 0) is 41.0 Å². The number of rotatable bonds is 12. The molecule has 0 fully saturated rings. The average Bonchev–Trinajstić information content (AvgIpc) is 2.51. The Morgan fingerprint density at radius 3 is 2.29 bits per heavy atom. The third-order valence-electron chi connectivity index (χ3n) is 3.57. The number of nitrogens with one attached hydrogen (secondary N) is 3. The van der Waals surface area contributed by atoms with Gasteiger partial charge in [-0.3, -0.25) is 9.69 Å². The van der Waals surface area contributed by atoms with Gasteiger partial charge in [0.25, 0.3) is 0 Å². The molecule has 0 saturated carbocycles. The molecule has 7 heteroatoms. The van der Waals surface area contributed by atoms with Gasteiger partial charge < -0.3 is 20.7 Å². The van der Waals surface area contributed by atoms with Crippen LogP contribution in [0.2, 0.25) is 0 Å². The fraction of sp³-hybridized carbons (Fsp3) is 0.882. The minimum Gasteiger partial charge on any atom is -0.383 e. The standard InChI is InChI=1S/C17H37N5O2/c1-7-18-17(21-13-16(23)19-10-12-24-6)20-9-8-11-22(14(2)3)15(4)5/h14-15H,7-13H2,1-6H3,(H,19,23)(H2,18,20,21). The van der Waals surface area contributed by atoms with Gasteiger partial charge in [0, 0.05) is 45.4 Å². The maximum Gasteiger partial charge on any atom is 0.241 e. The zero-order valence-electron chi connectivity index (χ0n) is 16.3. The normalized spacial score (nSPS) is 12.1. The minimum absolute atomic E-state index is 0.102. The summed E-state index contributed by atoms with van der Waals surface area (Å²) < 4.78 is 4.90. The lowest BCUT2D eigenvalue weighted by atomic mass is 10.2. The zero-order chi connectivity index (χ0) is 18.4. The summed E-state index contributed by atoms with van der Waals surface area (Å²) >= 11 is 0. The molecule has 0 aliphatic rings. The van der Waals surface area contributed by atoms with Crippen molar-refractivity contribution in [2.24, 2.45) is 4.99 Å². The quantitative estimate of drug-likeness (QED) is 0.278. The maximum absolute atomic E-state index is 11.7.